The fourth-order valence-corrected chi connectivity index (χ4v) is 3.03. The molecule has 0 spiro atoms. The summed E-state index contributed by atoms with van der Waals surface area (Å²) >= 11 is 5.96. The highest BCUT2D eigenvalue weighted by Gasteiger charge is 2.29. The van der Waals surface area contributed by atoms with Gasteiger partial charge >= 0.3 is 0 Å². The number of carbonyl (C=O) groups is 1. The van der Waals surface area contributed by atoms with Crippen LogP contribution in [0.2, 0.25) is 5.02 Å². The molecule has 6 heteroatoms. The van der Waals surface area contributed by atoms with Crippen molar-refractivity contribution in [2.45, 2.75) is 25.2 Å². The van der Waals surface area contributed by atoms with E-state index in [9.17, 15) is 9.18 Å². The fourth-order valence-electron chi connectivity index (χ4n) is 2.79. The Morgan fingerprint density at radius 1 is 1.24 bits per heavy atom. The van der Waals surface area contributed by atoms with Crippen molar-refractivity contribution in [3.05, 3.63) is 70.5 Å². The van der Waals surface area contributed by atoms with E-state index in [-0.39, 0.29) is 22.7 Å². The van der Waals surface area contributed by atoms with Gasteiger partial charge in [0.1, 0.15) is 5.82 Å². The lowest BCUT2D eigenvalue weighted by Crippen LogP contribution is -2.50. The van der Waals surface area contributed by atoms with Gasteiger partial charge < -0.3 is 14.8 Å². The first kappa shape index (κ1) is 17.9. The summed E-state index contributed by atoms with van der Waals surface area (Å²) in [5, 5.41) is 2.87. The van der Waals surface area contributed by atoms with Crippen molar-refractivity contribution in [3.8, 4) is 0 Å². The molecule has 1 fully saturated rings. The number of halogens is 2. The van der Waals surface area contributed by atoms with Gasteiger partial charge in [0.25, 0.3) is 5.91 Å². The summed E-state index contributed by atoms with van der Waals surface area (Å²) in [6.45, 7) is 1.32. The third kappa shape index (κ3) is 4.57. The zero-order valence-corrected chi connectivity index (χ0v) is 14.3. The number of carbonyl (C=O) groups excluding carboxylic acids is 1. The minimum Gasteiger partial charge on any atom is -0.379 e. The van der Waals surface area contributed by atoms with Gasteiger partial charge in [-0.25, -0.2) is 4.39 Å². The molecule has 2 aromatic rings. The van der Waals surface area contributed by atoms with Crippen molar-refractivity contribution in [2.24, 2.45) is 0 Å². The summed E-state index contributed by atoms with van der Waals surface area (Å²) in [5.41, 5.74) is 0.896. The van der Waals surface area contributed by atoms with Gasteiger partial charge in [0.15, 0.2) is 0 Å². The summed E-state index contributed by atoms with van der Waals surface area (Å²) < 4.78 is 25.3. The van der Waals surface area contributed by atoms with Gasteiger partial charge in [-0.1, -0.05) is 48.0 Å². The maximum atomic E-state index is 13.9. The molecule has 2 aromatic carbocycles. The summed E-state index contributed by atoms with van der Waals surface area (Å²) in [5.74, 6) is -1.21. The first-order valence-corrected chi connectivity index (χ1v) is 8.51. The van der Waals surface area contributed by atoms with E-state index in [0.717, 1.165) is 5.56 Å². The molecule has 0 aliphatic carbocycles. The molecule has 4 nitrogen and oxygen atoms in total. The number of rotatable bonds is 5. The van der Waals surface area contributed by atoms with Crippen molar-refractivity contribution in [3.63, 3.8) is 0 Å². The number of hydrogen-bond donors (Lipinski definition) is 1. The Hall–Kier alpha value is -1.95. The predicted octanol–water partition coefficient (Wildman–Crippen LogP) is 3.58. The van der Waals surface area contributed by atoms with Crippen LogP contribution in [0, 0.1) is 5.82 Å². The topological polar surface area (TPSA) is 47.6 Å². The van der Waals surface area contributed by atoms with Gasteiger partial charge in [-0.3, -0.25) is 4.79 Å². The highest BCUT2D eigenvalue weighted by Crippen LogP contribution is 2.20. The van der Waals surface area contributed by atoms with Crippen LogP contribution in [0.25, 0.3) is 0 Å². The molecule has 0 unspecified atom stereocenters. The Labute approximate surface area is 150 Å². The Bertz CT molecular complexity index is 706. The van der Waals surface area contributed by atoms with Crippen LogP contribution >= 0.6 is 11.6 Å². The Balaban J connectivity index is 1.65. The highest BCUT2D eigenvalue weighted by molar-refractivity contribution is 6.33. The number of nitrogens with one attached hydrogen (secondary N) is 1. The molecule has 0 bridgehead atoms. The van der Waals surface area contributed by atoms with E-state index in [1.165, 1.54) is 18.2 Å². The smallest absolute Gasteiger partial charge is 0.256 e. The maximum Gasteiger partial charge on any atom is 0.256 e. The Morgan fingerprint density at radius 2 is 2.04 bits per heavy atom. The first-order valence-electron chi connectivity index (χ1n) is 8.13. The maximum absolute atomic E-state index is 13.9. The Morgan fingerprint density at radius 3 is 2.80 bits per heavy atom. The number of ether oxygens (including phenoxy) is 2. The molecule has 1 saturated heterocycles. The van der Waals surface area contributed by atoms with E-state index in [4.69, 9.17) is 21.1 Å². The van der Waals surface area contributed by atoms with Gasteiger partial charge in [0.2, 0.25) is 0 Å². The van der Waals surface area contributed by atoms with Crippen LogP contribution in [0.3, 0.4) is 0 Å². The molecule has 0 radical (unpaired) electrons. The molecule has 0 aromatic heterocycles. The first-order chi connectivity index (χ1) is 12.1. The summed E-state index contributed by atoms with van der Waals surface area (Å²) in [7, 11) is 0. The minimum absolute atomic E-state index is 0.0796. The third-order valence-corrected chi connectivity index (χ3v) is 4.42. The molecule has 1 amide bonds. The van der Waals surface area contributed by atoms with E-state index >= 15 is 0 Å². The highest BCUT2D eigenvalue weighted by atomic mass is 35.5. The predicted molar refractivity (Wildman–Crippen MR) is 93.1 cm³/mol. The molecule has 2 atom stereocenters. The molecular weight excluding hydrogens is 345 g/mol. The SMILES string of the molecule is O=C(N[C@@H]1COCC[C@@H]1OCc1ccccc1)c1c(F)cccc1Cl. The number of benzene rings is 2. The molecule has 132 valence electrons. The van der Waals surface area contributed by atoms with Crippen LogP contribution in [0.15, 0.2) is 48.5 Å². The largest absolute Gasteiger partial charge is 0.379 e. The molecule has 0 saturated carbocycles. The zero-order valence-electron chi connectivity index (χ0n) is 13.6. The minimum atomic E-state index is -0.650. The molecule has 1 heterocycles. The van der Waals surface area contributed by atoms with Gasteiger partial charge in [0, 0.05) is 6.61 Å². The second-order valence-electron chi connectivity index (χ2n) is 5.88. The average Bonchev–Trinajstić information content (AvgIpc) is 2.62. The molecule has 1 N–H and O–H groups in total. The molecule has 1 aliphatic heterocycles. The van der Waals surface area contributed by atoms with E-state index in [0.29, 0.717) is 26.2 Å². The monoisotopic (exact) mass is 363 g/mol. The van der Waals surface area contributed by atoms with Crippen LogP contribution in [-0.2, 0) is 16.1 Å². The van der Waals surface area contributed by atoms with Crippen LogP contribution in [0.5, 0.6) is 0 Å². The average molecular weight is 364 g/mol. The van der Waals surface area contributed by atoms with E-state index < -0.39 is 11.7 Å². The normalized spacial score (nSPS) is 20.2. The quantitative estimate of drug-likeness (QED) is 0.883. The Kier molecular flexibility index (Phi) is 6.02. The fraction of sp³-hybridized carbons (Fsp3) is 0.316. The summed E-state index contributed by atoms with van der Waals surface area (Å²) in [6.07, 6.45) is 0.450. The van der Waals surface area contributed by atoms with Gasteiger partial charge in [-0.15, -0.1) is 0 Å². The standard InChI is InChI=1S/C19H19ClFNO3/c20-14-7-4-8-15(21)18(14)19(23)22-16-12-24-10-9-17(16)25-11-13-5-2-1-3-6-13/h1-8,16-17H,9-12H2,(H,22,23)/t16-,17+/m1/s1. The summed E-state index contributed by atoms with van der Waals surface area (Å²) in [6, 6.07) is 13.6. The van der Waals surface area contributed by atoms with Gasteiger partial charge in [0.05, 0.1) is 35.9 Å². The second-order valence-corrected chi connectivity index (χ2v) is 6.28. The van der Waals surface area contributed by atoms with E-state index in [2.05, 4.69) is 5.32 Å². The third-order valence-electron chi connectivity index (χ3n) is 4.11. The lowest BCUT2D eigenvalue weighted by molar-refractivity contribution is -0.0605. The summed E-state index contributed by atoms with van der Waals surface area (Å²) in [4.78, 5) is 12.4. The van der Waals surface area contributed by atoms with E-state index in [1.807, 2.05) is 30.3 Å². The zero-order chi connectivity index (χ0) is 17.6. The molecule has 1 aliphatic rings. The van der Waals surface area contributed by atoms with Crippen LogP contribution in [0.4, 0.5) is 4.39 Å². The second kappa shape index (κ2) is 8.43. The molecular formula is C19H19ClFNO3. The van der Waals surface area contributed by atoms with E-state index in [1.54, 1.807) is 0 Å². The lowest BCUT2D eigenvalue weighted by atomic mass is 10.1. The van der Waals surface area contributed by atoms with Crippen molar-refractivity contribution >= 4 is 17.5 Å². The number of amides is 1. The molecule has 25 heavy (non-hydrogen) atoms. The lowest BCUT2D eigenvalue weighted by Gasteiger charge is -2.32. The van der Waals surface area contributed by atoms with Crippen LogP contribution < -0.4 is 5.32 Å². The van der Waals surface area contributed by atoms with Crippen LogP contribution in [-0.4, -0.2) is 31.3 Å². The van der Waals surface area contributed by atoms with Crippen molar-refractivity contribution in [2.75, 3.05) is 13.2 Å². The van der Waals surface area contributed by atoms with Gasteiger partial charge in [-0.2, -0.15) is 0 Å². The van der Waals surface area contributed by atoms with Crippen molar-refractivity contribution in [1.29, 1.82) is 0 Å². The van der Waals surface area contributed by atoms with Crippen molar-refractivity contribution in [1.82, 2.24) is 5.32 Å². The van der Waals surface area contributed by atoms with Crippen molar-refractivity contribution < 1.29 is 18.7 Å². The van der Waals surface area contributed by atoms with Crippen LogP contribution in [0.1, 0.15) is 22.3 Å². The van der Waals surface area contributed by atoms with Gasteiger partial charge in [-0.05, 0) is 24.1 Å². The molecule has 3 rings (SSSR count). The number of hydrogen-bond acceptors (Lipinski definition) is 3.